The van der Waals surface area contributed by atoms with Gasteiger partial charge >= 0.3 is 5.97 Å². The summed E-state index contributed by atoms with van der Waals surface area (Å²) in [5.41, 5.74) is -0.627. The van der Waals surface area contributed by atoms with Gasteiger partial charge in [0.15, 0.2) is 0 Å². The Morgan fingerprint density at radius 2 is 2.00 bits per heavy atom. The Morgan fingerprint density at radius 3 is 2.57 bits per heavy atom. The summed E-state index contributed by atoms with van der Waals surface area (Å²) in [7, 11) is 1.51. The molecule has 5 nitrogen and oxygen atoms in total. The van der Waals surface area contributed by atoms with E-state index in [0.29, 0.717) is 36.6 Å². The van der Waals surface area contributed by atoms with Crippen molar-refractivity contribution in [2.45, 2.75) is 52.9 Å². The summed E-state index contributed by atoms with van der Waals surface area (Å²) in [6.07, 6.45) is 4.44. The molecule has 132 valence electrons. The number of carboxylic acid groups (broad SMARTS) is 1. The normalized spacial score (nSPS) is 33.7. The van der Waals surface area contributed by atoms with Crippen molar-refractivity contribution in [3.05, 3.63) is 0 Å². The lowest BCUT2D eigenvalue weighted by Crippen LogP contribution is -2.40. The van der Waals surface area contributed by atoms with Gasteiger partial charge in [-0.2, -0.15) is 0 Å². The number of methoxy groups -OCH3 is 1. The van der Waals surface area contributed by atoms with Crippen LogP contribution in [0.5, 0.6) is 0 Å². The van der Waals surface area contributed by atoms with Crippen LogP contribution in [0.2, 0.25) is 0 Å². The molecule has 23 heavy (non-hydrogen) atoms. The van der Waals surface area contributed by atoms with E-state index < -0.39 is 11.4 Å². The lowest BCUT2D eigenvalue weighted by atomic mass is 9.67. The summed E-state index contributed by atoms with van der Waals surface area (Å²) in [6, 6.07) is 0. The first-order chi connectivity index (χ1) is 10.7. The molecule has 1 heterocycles. The van der Waals surface area contributed by atoms with Gasteiger partial charge < -0.3 is 14.7 Å². The monoisotopic (exact) mass is 325 g/mol. The fraction of sp³-hybridized carbons (Fsp3) is 0.889. The van der Waals surface area contributed by atoms with Crippen molar-refractivity contribution < 1.29 is 19.4 Å². The van der Waals surface area contributed by atoms with Crippen molar-refractivity contribution in [3.8, 4) is 0 Å². The second kappa shape index (κ2) is 6.80. The highest BCUT2D eigenvalue weighted by Crippen LogP contribution is 2.43. The van der Waals surface area contributed by atoms with Crippen LogP contribution in [0.4, 0.5) is 0 Å². The van der Waals surface area contributed by atoms with E-state index >= 15 is 0 Å². The summed E-state index contributed by atoms with van der Waals surface area (Å²) < 4.78 is 5.09. The van der Waals surface area contributed by atoms with E-state index in [4.69, 9.17) is 4.74 Å². The van der Waals surface area contributed by atoms with Crippen LogP contribution in [0.1, 0.15) is 52.9 Å². The van der Waals surface area contributed by atoms with Crippen LogP contribution in [0.3, 0.4) is 0 Å². The molecular weight excluding hydrogens is 294 g/mol. The molecule has 1 aliphatic heterocycles. The standard InChI is InChI=1S/C18H31NO4/c1-13-7-14(10-17(2,3)9-13)8-15(20)19-6-5-18(11-19,12-23-4)16(21)22/h13-14H,5-12H2,1-4H3,(H,21,22). The highest BCUT2D eigenvalue weighted by molar-refractivity contribution is 5.81. The zero-order chi connectivity index (χ0) is 17.3. The maximum absolute atomic E-state index is 12.6. The van der Waals surface area contributed by atoms with Gasteiger partial charge in [-0.15, -0.1) is 0 Å². The van der Waals surface area contributed by atoms with E-state index in [1.54, 1.807) is 4.90 Å². The summed E-state index contributed by atoms with van der Waals surface area (Å²) >= 11 is 0. The van der Waals surface area contributed by atoms with Crippen LogP contribution in [0, 0.1) is 22.7 Å². The number of hydrogen-bond donors (Lipinski definition) is 1. The summed E-state index contributed by atoms with van der Waals surface area (Å²) in [6.45, 7) is 7.80. The maximum Gasteiger partial charge on any atom is 0.313 e. The Balaban J connectivity index is 1.95. The van der Waals surface area contributed by atoms with E-state index in [1.165, 1.54) is 13.5 Å². The molecule has 0 aromatic heterocycles. The van der Waals surface area contributed by atoms with Crippen molar-refractivity contribution in [1.82, 2.24) is 4.90 Å². The number of ether oxygens (including phenoxy) is 1. The van der Waals surface area contributed by atoms with Crippen molar-refractivity contribution in [1.29, 1.82) is 0 Å². The van der Waals surface area contributed by atoms with E-state index in [1.807, 2.05) is 0 Å². The molecule has 2 aliphatic rings. The average Bonchev–Trinajstić information content (AvgIpc) is 2.82. The number of aliphatic carboxylic acids is 1. The van der Waals surface area contributed by atoms with Gasteiger partial charge in [0.25, 0.3) is 0 Å². The van der Waals surface area contributed by atoms with Gasteiger partial charge in [0.05, 0.1) is 6.61 Å². The molecule has 0 radical (unpaired) electrons. The zero-order valence-electron chi connectivity index (χ0n) is 14.9. The first kappa shape index (κ1) is 18.2. The number of hydrogen-bond acceptors (Lipinski definition) is 3. The molecule has 0 aromatic rings. The van der Waals surface area contributed by atoms with E-state index in [0.717, 1.165) is 12.8 Å². The molecule has 2 rings (SSSR count). The van der Waals surface area contributed by atoms with Crippen molar-refractivity contribution >= 4 is 11.9 Å². The van der Waals surface area contributed by atoms with Crippen LogP contribution in [-0.2, 0) is 14.3 Å². The second-order valence-electron chi connectivity index (χ2n) is 8.57. The highest BCUT2D eigenvalue weighted by Gasteiger charge is 2.46. The number of rotatable bonds is 5. The third-order valence-electron chi connectivity index (χ3n) is 5.52. The second-order valence-corrected chi connectivity index (χ2v) is 8.57. The fourth-order valence-corrected chi connectivity index (χ4v) is 4.79. The molecule has 1 saturated heterocycles. The molecule has 1 saturated carbocycles. The highest BCUT2D eigenvalue weighted by atomic mass is 16.5. The van der Waals surface area contributed by atoms with E-state index in [9.17, 15) is 14.7 Å². The average molecular weight is 325 g/mol. The first-order valence-electron chi connectivity index (χ1n) is 8.67. The van der Waals surface area contributed by atoms with Crippen LogP contribution in [0.15, 0.2) is 0 Å². The van der Waals surface area contributed by atoms with E-state index in [2.05, 4.69) is 20.8 Å². The Labute approximate surface area is 139 Å². The van der Waals surface area contributed by atoms with Crippen molar-refractivity contribution in [2.75, 3.05) is 26.8 Å². The Kier molecular flexibility index (Phi) is 5.39. The van der Waals surface area contributed by atoms with Crippen LogP contribution < -0.4 is 0 Å². The van der Waals surface area contributed by atoms with Gasteiger partial charge in [0, 0.05) is 26.6 Å². The van der Waals surface area contributed by atoms with Gasteiger partial charge in [-0.1, -0.05) is 20.8 Å². The summed E-state index contributed by atoms with van der Waals surface area (Å²) in [5, 5.41) is 9.50. The smallest absolute Gasteiger partial charge is 0.313 e. The predicted molar refractivity (Wildman–Crippen MR) is 88.0 cm³/mol. The minimum Gasteiger partial charge on any atom is -0.481 e. The topological polar surface area (TPSA) is 66.8 Å². The molecule has 3 unspecified atom stereocenters. The van der Waals surface area contributed by atoms with Gasteiger partial charge in [0.2, 0.25) is 5.91 Å². The lowest BCUT2D eigenvalue weighted by molar-refractivity contribution is -0.151. The van der Waals surface area contributed by atoms with Gasteiger partial charge in [-0.05, 0) is 42.9 Å². The molecule has 5 heteroatoms. The number of amides is 1. The van der Waals surface area contributed by atoms with Crippen LogP contribution >= 0.6 is 0 Å². The van der Waals surface area contributed by atoms with Crippen LogP contribution in [0.25, 0.3) is 0 Å². The number of likely N-dealkylation sites (tertiary alicyclic amines) is 1. The molecule has 0 bridgehead atoms. The minimum absolute atomic E-state index is 0.110. The third-order valence-corrected chi connectivity index (χ3v) is 5.52. The molecule has 1 N–H and O–H groups in total. The zero-order valence-corrected chi connectivity index (χ0v) is 14.9. The molecular formula is C18H31NO4. The number of carbonyl (C=O) groups excluding carboxylic acids is 1. The van der Waals surface area contributed by atoms with Crippen LogP contribution in [-0.4, -0.2) is 48.7 Å². The van der Waals surface area contributed by atoms with Crippen molar-refractivity contribution in [3.63, 3.8) is 0 Å². The maximum atomic E-state index is 12.6. The van der Waals surface area contributed by atoms with E-state index in [-0.39, 0.29) is 19.1 Å². The molecule has 3 atom stereocenters. The molecule has 0 spiro atoms. The Morgan fingerprint density at radius 1 is 1.30 bits per heavy atom. The number of carboxylic acids is 1. The molecule has 1 amide bonds. The Bertz CT molecular complexity index is 462. The Hall–Kier alpha value is -1.10. The summed E-state index contributed by atoms with van der Waals surface area (Å²) in [4.78, 5) is 26.0. The first-order valence-corrected chi connectivity index (χ1v) is 8.67. The molecule has 1 aliphatic carbocycles. The van der Waals surface area contributed by atoms with Gasteiger partial charge in [0.1, 0.15) is 5.41 Å². The molecule has 2 fully saturated rings. The van der Waals surface area contributed by atoms with Gasteiger partial charge in [-0.25, -0.2) is 0 Å². The SMILES string of the molecule is COCC1(C(=O)O)CCN(C(=O)CC2CC(C)CC(C)(C)C2)C1. The van der Waals surface area contributed by atoms with Gasteiger partial charge in [-0.3, -0.25) is 9.59 Å². The lowest BCUT2D eigenvalue weighted by Gasteiger charge is -2.39. The number of nitrogens with zero attached hydrogens (tertiary/aromatic N) is 1. The number of carbonyl (C=O) groups is 2. The third kappa shape index (κ3) is 4.25. The largest absolute Gasteiger partial charge is 0.481 e. The predicted octanol–water partition coefficient (Wildman–Crippen LogP) is 2.79. The molecule has 0 aromatic carbocycles. The quantitative estimate of drug-likeness (QED) is 0.844. The fourth-order valence-electron chi connectivity index (χ4n) is 4.79. The minimum atomic E-state index is -0.927. The summed E-state index contributed by atoms with van der Waals surface area (Å²) in [5.74, 6) is 0.325. The van der Waals surface area contributed by atoms with Crippen molar-refractivity contribution in [2.24, 2.45) is 22.7 Å².